The van der Waals surface area contributed by atoms with Crippen LogP contribution in [0.3, 0.4) is 0 Å². The van der Waals surface area contributed by atoms with Crippen LogP contribution in [0.1, 0.15) is 29.5 Å². The largest absolute Gasteiger partial charge is 0.508 e. The molecule has 0 saturated heterocycles. The first-order chi connectivity index (χ1) is 8.83. The predicted octanol–water partition coefficient (Wildman–Crippen LogP) is 4.27. The molecule has 1 nitrogen and oxygen atoms in total. The molecule has 0 amide bonds. The molecule has 0 fully saturated rings. The number of hydrogen-bond donors (Lipinski definition) is 1. The lowest BCUT2D eigenvalue weighted by molar-refractivity contribution is 0.475. The van der Waals surface area contributed by atoms with Crippen molar-refractivity contribution in [2.75, 3.05) is 0 Å². The van der Waals surface area contributed by atoms with Crippen molar-refractivity contribution < 1.29 is 5.11 Å². The van der Waals surface area contributed by atoms with Crippen LogP contribution in [0.25, 0.3) is 11.6 Å². The zero-order chi connectivity index (χ0) is 12.4. The number of hydrogen-bond acceptors (Lipinski definition) is 1. The fourth-order valence-corrected chi connectivity index (χ4v) is 2.54. The van der Waals surface area contributed by atoms with E-state index in [1.807, 2.05) is 12.1 Å². The van der Waals surface area contributed by atoms with Gasteiger partial charge in [0.1, 0.15) is 5.75 Å². The van der Waals surface area contributed by atoms with Crippen molar-refractivity contribution in [3.05, 3.63) is 65.2 Å². The number of allylic oxidation sites excluding steroid dienone is 1. The summed E-state index contributed by atoms with van der Waals surface area (Å²) in [5, 5.41) is 9.35. The maximum atomic E-state index is 9.35. The van der Waals surface area contributed by atoms with E-state index in [1.165, 1.54) is 28.7 Å². The fraction of sp³-hybridized carbons (Fsp3) is 0.176. The summed E-state index contributed by atoms with van der Waals surface area (Å²) in [6, 6.07) is 16.1. The average Bonchev–Trinajstić information content (AvgIpc) is 2.61. The van der Waals surface area contributed by atoms with Crippen molar-refractivity contribution in [3.8, 4) is 5.75 Å². The van der Waals surface area contributed by atoms with Gasteiger partial charge in [0.2, 0.25) is 0 Å². The summed E-state index contributed by atoms with van der Waals surface area (Å²) >= 11 is 0. The lowest BCUT2D eigenvalue weighted by Gasteiger charge is -2.05. The molecular weight excluding hydrogens is 220 g/mol. The maximum Gasteiger partial charge on any atom is 0.115 e. The topological polar surface area (TPSA) is 20.2 Å². The van der Waals surface area contributed by atoms with Gasteiger partial charge in [0.15, 0.2) is 0 Å². The Balaban J connectivity index is 2.03. The second-order valence-corrected chi connectivity index (χ2v) is 4.77. The highest BCUT2D eigenvalue weighted by atomic mass is 16.3. The van der Waals surface area contributed by atoms with Crippen LogP contribution in [0.5, 0.6) is 5.75 Å². The first-order valence-corrected chi connectivity index (χ1v) is 6.41. The van der Waals surface area contributed by atoms with Crippen LogP contribution < -0.4 is 0 Å². The predicted molar refractivity (Wildman–Crippen MR) is 75.4 cm³/mol. The molecule has 3 rings (SSSR count). The molecule has 0 bridgehead atoms. The van der Waals surface area contributed by atoms with Crippen molar-refractivity contribution in [3.63, 3.8) is 0 Å². The van der Waals surface area contributed by atoms with Crippen molar-refractivity contribution >= 4 is 11.6 Å². The van der Waals surface area contributed by atoms with Crippen LogP contribution in [0.15, 0.2) is 48.5 Å². The van der Waals surface area contributed by atoms with E-state index in [1.54, 1.807) is 12.1 Å². The standard InChI is InChI=1S/C17H16O/c18-17-10-8-14(9-11-17)16-7-3-6-13-4-1-2-5-15(13)12-16/h1-2,4-5,8-12,18H,3,6-7H2. The van der Waals surface area contributed by atoms with Gasteiger partial charge in [-0.25, -0.2) is 0 Å². The molecule has 1 aliphatic carbocycles. The van der Waals surface area contributed by atoms with Gasteiger partial charge in [0.25, 0.3) is 0 Å². The summed E-state index contributed by atoms with van der Waals surface area (Å²) in [7, 11) is 0. The Bertz CT molecular complexity index is 579. The minimum absolute atomic E-state index is 0.327. The average molecular weight is 236 g/mol. The van der Waals surface area contributed by atoms with Gasteiger partial charge >= 0.3 is 0 Å². The van der Waals surface area contributed by atoms with Gasteiger partial charge in [-0.2, -0.15) is 0 Å². The van der Waals surface area contributed by atoms with Crippen molar-refractivity contribution in [1.29, 1.82) is 0 Å². The molecule has 0 saturated carbocycles. The van der Waals surface area contributed by atoms with E-state index < -0.39 is 0 Å². The molecule has 0 radical (unpaired) electrons. The van der Waals surface area contributed by atoms with Crippen LogP contribution in [-0.4, -0.2) is 5.11 Å². The smallest absolute Gasteiger partial charge is 0.115 e. The second-order valence-electron chi connectivity index (χ2n) is 4.77. The van der Waals surface area contributed by atoms with Gasteiger partial charge in [-0.1, -0.05) is 42.5 Å². The molecule has 1 N–H and O–H groups in total. The minimum atomic E-state index is 0.327. The van der Waals surface area contributed by atoms with Gasteiger partial charge in [0, 0.05) is 0 Å². The maximum absolute atomic E-state index is 9.35. The molecule has 0 atom stereocenters. The number of aryl methyl sites for hydroxylation is 1. The molecular formula is C17H16O. The molecule has 0 heterocycles. The van der Waals surface area contributed by atoms with E-state index in [0.29, 0.717) is 5.75 Å². The summed E-state index contributed by atoms with van der Waals surface area (Å²) in [4.78, 5) is 0. The Morgan fingerprint density at radius 3 is 2.44 bits per heavy atom. The lowest BCUT2D eigenvalue weighted by Crippen LogP contribution is -1.85. The van der Waals surface area contributed by atoms with Gasteiger partial charge in [-0.3, -0.25) is 0 Å². The van der Waals surface area contributed by atoms with E-state index in [0.717, 1.165) is 12.8 Å². The quantitative estimate of drug-likeness (QED) is 0.784. The van der Waals surface area contributed by atoms with Crippen LogP contribution in [0.4, 0.5) is 0 Å². The van der Waals surface area contributed by atoms with Gasteiger partial charge < -0.3 is 5.11 Å². The number of rotatable bonds is 1. The number of benzene rings is 2. The third-order valence-electron chi connectivity index (χ3n) is 3.52. The molecule has 0 unspecified atom stereocenters. The van der Waals surface area contributed by atoms with Crippen molar-refractivity contribution in [2.45, 2.75) is 19.3 Å². The Kier molecular flexibility index (Phi) is 2.89. The minimum Gasteiger partial charge on any atom is -0.508 e. The Labute approximate surface area is 107 Å². The Morgan fingerprint density at radius 2 is 1.61 bits per heavy atom. The molecule has 0 spiro atoms. The summed E-state index contributed by atoms with van der Waals surface area (Å²) in [5.74, 6) is 0.327. The van der Waals surface area contributed by atoms with Gasteiger partial charge in [-0.05, 0) is 53.7 Å². The van der Waals surface area contributed by atoms with Crippen molar-refractivity contribution in [1.82, 2.24) is 0 Å². The summed E-state index contributed by atoms with van der Waals surface area (Å²) < 4.78 is 0. The normalized spacial score (nSPS) is 14.6. The number of fused-ring (bicyclic) bond motifs is 1. The molecule has 0 aliphatic heterocycles. The molecule has 2 aromatic carbocycles. The third-order valence-corrected chi connectivity index (χ3v) is 3.52. The van der Waals surface area contributed by atoms with E-state index in [-0.39, 0.29) is 0 Å². The van der Waals surface area contributed by atoms with Crippen LogP contribution >= 0.6 is 0 Å². The first kappa shape index (κ1) is 11.1. The lowest BCUT2D eigenvalue weighted by atomic mass is 10.0. The van der Waals surface area contributed by atoms with Gasteiger partial charge in [-0.15, -0.1) is 0 Å². The highest BCUT2D eigenvalue weighted by molar-refractivity contribution is 5.83. The monoisotopic (exact) mass is 236 g/mol. The van der Waals surface area contributed by atoms with Crippen LogP contribution in [0.2, 0.25) is 0 Å². The highest BCUT2D eigenvalue weighted by Gasteiger charge is 2.09. The zero-order valence-electron chi connectivity index (χ0n) is 10.3. The van der Waals surface area contributed by atoms with E-state index in [2.05, 4.69) is 30.3 Å². The van der Waals surface area contributed by atoms with Crippen LogP contribution in [0, 0.1) is 0 Å². The number of phenols is 1. The van der Waals surface area contributed by atoms with E-state index in [9.17, 15) is 5.11 Å². The fourth-order valence-electron chi connectivity index (χ4n) is 2.54. The van der Waals surface area contributed by atoms with Crippen LogP contribution in [-0.2, 0) is 6.42 Å². The van der Waals surface area contributed by atoms with E-state index >= 15 is 0 Å². The molecule has 1 aliphatic rings. The van der Waals surface area contributed by atoms with Crippen molar-refractivity contribution in [2.24, 2.45) is 0 Å². The van der Waals surface area contributed by atoms with E-state index in [4.69, 9.17) is 0 Å². The zero-order valence-corrected chi connectivity index (χ0v) is 10.3. The summed E-state index contributed by atoms with van der Waals surface area (Å²) in [5.41, 5.74) is 5.34. The molecule has 0 aromatic heterocycles. The summed E-state index contributed by atoms with van der Waals surface area (Å²) in [6.07, 6.45) is 5.71. The molecule has 1 heteroatoms. The molecule has 2 aromatic rings. The first-order valence-electron chi connectivity index (χ1n) is 6.41. The number of phenolic OH excluding ortho intramolecular Hbond substituents is 1. The Hall–Kier alpha value is -2.02. The SMILES string of the molecule is Oc1ccc(C2=Cc3ccccc3CCC2)cc1. The second kappa shape index (κ2) is 4.69. The number of aromatic hydroxyl groups is 1. The molecule has 18 heavy (non-hydrogen) atoms. The summed E-state index contributed by atoms with van der Waals surface area (Å²) in [6.45, 7) is 0. The van der Waals surface area contributed by atoms with Gasteiger partial charge in [0.05, 0.1) is 0 Å². The molecule has 90 valence electrons. The highest BCUT2D eigenvalue weighted by Crippen LogP contribution is 2.29. The third kappa shape index (κ3) is 2.17. The Morgan fingerprint density at radius 1 is 0.833 bits per heavy atom.